The number of hydrogen-bond acceptors (Lipinski definition) is 7. The molecule has 2 aromatic heterocycles. The zero-order valence-corrected chi connectivity index (χ0v) is 26.0. The first-order valence-electron chi connectivity index (χ1n) is 15.3. The molecule has 2 heterocycles. The molecule has 0 radical (unpaired) electrons. The molecule has 4 aromatic rings. The Morgan fingerprint density at radius 1 is 1.17 bits per heavy atom. The molecule has 2 saturated carbocycles. The van der Waals surface area contributed by atoms with Gasteiger partial charge in [-0.25, -0.2) is 13.8 Å². The number of amides is 2. The highest BCUT2D eigenvalue weighted by atomic mass is 19.4. The number of hydrogen-bond donors (Lipinski definition) is 3. The van der Waals surface area contributed by atoms with Crippen LogP contribution in [-0.4, -0.2) is 57.6 Å². The van der Waals surface area contributed by atoms with Crippen LogP contribution in [0, 0.1) is 5.82 Å². The molecule has 0 bridgehead atoms. The lowest BCUT2D eigenvalue weighted by molar-refractivity contribution is -0.140. The van der Waals surface area contributed by atoms with E-state index in [9.17, 15) is 32.3 Å². The number of pyridine rings is 1. The largest absolute Gasteiger partial charge is 0.494 e. The van der Waals surface area contributed by atoms with E-state index in [2.05, 4.69) is 15.4 Å². The molecule has 0 spiro atoms. The van der Waals surface area contributed by atoms with Gasteiger partial charge in [0.15, 0.2) is 5.60 Å². The molecule has 0 unspecified atom stereocenters. The summed E-state index contributed by atoms with van der Waals surface area (Å²) in [6, 6.07) is 6.63. The van der Waals surface area contributed by atoms with Crippen LogP contribution in [0.25, 0.3) is 22.2 Å². The van der Waals surface area contributed by atoms with Gasteiger partial charge >= 0.3 is 6.18 Å². The number of aliphatic hydroxyl groups is 1. The van der Waals surface area contributed by atoms with Crippen LogP contribution in [-0.2, 0) is 23.0 Å². The molecule has 2 aliphatic carbocycles. The van der Waals surface area contributed by atoms with Gasteiger partial charge in [-0.05, 0) is 69.0 Å². The van der Waals surface area contributed by atoms with E-state index < -0.39 is 59.3 Å². The SMILES string of the molecule is CCOc1c(CC(N)=O)cc([C@@](O)(CNC(=O)c2cc(OC)c3nn(C4CC4)cc3c2)C2(F)CC2)nc1-c1ccc(F)c(C(F)(F)F)c1. The van der Waals surface area contributed by atoms with Crippen LogP contribution >= 0.6 is 0 Å². The highest BCUT2D eigenvalue weighted by Gasteiger charge is 2.62. The molecule has 10 nitrogen and oxygen atoms in total. The average molecular weight is 674 g/mol. The normalized spacial score (nSPS) is 16.8. The van der Waals surface area contributed by atoms with E-state index in [4.69, 9.17) is 15.2 Å². The lowest BCUT2D eigenvalue weighted by Crippen LogP contribution is -2.49. The van der Waals surface area contributed by atoms with Crippen molar-refractivity contribution >= 4 is 22.7 Å². The van der Waals surface area contributed by atoms with Gasteiger partial charge in [-0.1, -0.05) is 0 Å². The Hall–Kier alpha value is -4.79. The smallest absolute Gasteiger partial charge is 0.419 e. The van der Waals surface area contributed by atoms with E-state index in [0.717, 1.165) is 18.9 Å². The quantitative estimate of drug-likeness (QED) is 0.177. The summed E-state index contributed by atoms with van der Waals surface area (Å²) in [6.45, 7) is 0.846. The minimum absolute atomic E-state index is 0.000835. The number of ether oxygens (including phenoxy) is 2. The van der Waals surface area contributed by atoms with Gasteiger partial charge in [0.05, 0.1) is 44.0 Å². The van der Waals surface area contributed by atoms with E-state index >= 15 is 4.39 Å². The number of fused-ring (bicyclic) bond motifs is 1. The van der Waals surface area contributed by atoms with Crippen molar-refractivity contribution in [2.75, 3.05) is 20.3 Å². The van der Waals surface area contributed by atoms with Gasteiger partial charge in [-0.15, -0.1) is 0 Å². The maximum absolute atomic E-state index is 16.2. The highest BCUT2D eigenvalue weighted by molar-refractivity contribution is 6.00. The number of rotatable bonds is 12. The fourth-order valence-corrected chi connectivity index (χ4v) is 5.75. The number of methoxy groups -OCH3 is 1. The van der Waals surface area contributed by atoms with Crippen molar-refractivity contribution in [3.63, 3.8) is 0 Å². The lowest BCUT2D eigenvalue weighted by Gasteiger charge is -2.33. The standard InChI is InChI=1S/C33H32F5N5O5/c1-3-48-29-18(14-26(39)44)13-25(41-28(29)17-4-7-23(34)22(11-17)33(36,37)38)32(46,31(35)8-9-31)16-40-30(45)19-10-20-15-43(21-5-6-21)42-27(20)24(12-19)47-2/h4,7,10-13,15,21,46H,3,5-6,8-9,14,16H2,1-2H3,(H2,39,44)(H,40,45)/t32-/m0/s1. The third kappa shape index (κ3) is 6.14. The Morgan fingerprint density at radius 2 is 1.90 bits per heavy atom. The zero-order valence-electron chi connectivity index (χ0n) is 26.0. The highest BCUT2D eigenvalue weighted by Crippen LogP contribution is 2.54. The van der Waals surface area contributed by atoms with Gasteiger partial charge in [0.25, 0.3) is 5.91 Å². The van der Waals surface area contributed by atoms with Gasteiger partial charge in [-0.3, -0.25) is 14.3 Å². The van der Waals surface area contributed by atoms with Crippen molar-refractivity contribution in [3.8, 4) is 22.8 Å². The maximum atomic E-state index is 16.2. The molecule has 254 valence electrons. The van der Waals surface area contributed by atoms with Gasteiger partial charge < -0.3 is 25.6 Å². The summed E-state index contributed by atoms with van der Waals surface area (Å²) in [7, 11) is 1.43. The number of alkyl halides is 4. The Bertz CT molecular complexity index is 1920. The Labute approximate surface area is 271 Å². The molecule has 2 fully saturated rings. The first kappa shape index (κ1) is 33.1. The van der Waals surface area contributed by atoms with Gasteiger partial charge in [0, 0.05) is 28.3 Å². The van der Waals surface area contributed by atoms with Crippen molar-refractivity contribution < 1.29 is 46.1 Å². The summed E-state index contributed by atoms with van der Waals surface area (Å²) < 4.78 is 84.3. The summed E-state index contributed by atoms with van der Waals surface area (Å²) in [5.74, 6) is -2.90. The van der Waals surface area contributed by atoms with Crippen LogP contribution in [0.4, 0.5) is 22.0 Å². The molecular formula is C33H32F5N5O5. The number of benzene rings is 2. The van der Waals surface area contributed by atoms with E-state index in [-0.39, 0.29) is 53.6 Å². The van der Waals surface area contributed by atoms with E-state index in [0.29, 0.717) is 28.8 Å². The van der Waals surface area contributed by atoms with Gasteiger partial charge in [0.1, 0.15) is 34.2 Å². The number of carbonyl (C=O) groups excluding carboxylic acids is 2. The summed E-state index contributed by atoms with van der Waals surface area (Å²) in [5, 5.41) is 19.8. The van der Waals surface area contributed by atoms with Crippen LogP contribution in [0.1, 0.15) is 65.8 Å². The van der Waals surface area contributed by atoms with Crippen LogP contribution < -0.4 is 20.5 Å². The topological polar surface area (TPSA) is 142 Å². The monoisotopic (exact) mass is 673 g/mol. The molecular weight excluding hydrogens is 641 g/mol. The molecule has 2 aromatic carbocycles. The molecule has 0 saturated heterocycles. The first-order valence-corrected chi connectivity index (χ1v) is 15.3. The predicted octanol–water partition coefficient (Wildman–Crippen LogP) is 5.15. The second-order valence-corrected chi connectivity index (χ2v) is 12.1. The van der Waals surface area contributed by atoms with E-state index in [1.807, 2.05) is 4.68 Å². The van der Waals surface area contributed by atoms with E-state index in [1.165, 1.54) is 19.2 Å². The fourth-order valence-electron chi connectivity index (χ4n) is 5.75. The number of carbonyl (C=O) groups is 2. The minimum Gasteiger partial charge on any atom is -0.494 e. The predicted molar refractivity (Wildman–Crippen MR) is 163 cm³/mol. The number of nitrogens with two attached hydrogens (primary N) is 1. The number of primary amides is 1. The van der Waals surface area contributed by atoms with Crippen molar-refractivity contribution in [1.29, 1.82) is 0 Å². The molecule has 6 rings (SSSR count). The van der Waals surface area contributed by atoms with Crippen molar-refractivity contribution in [1.82, 2.24) is 20.1 Å². The van der Waals surface area contributed by atoms with Crippen LogP contribution in [0.2, 0.25) is 0 Å². The third-order valence-corrected chi connectivity index (χ3v) is 8.60. The van der Waals surface area contributed by atoms with Crippen molar-refractivity contribution in [3.05, 3.63) is 70.8 Å². The summed E-state index contributed by atoms with van der Waals surface area (Å²) in [6.07, 6.45) is -2.05. The summed E-state index contributed by atoms with van der Waals surface area (Å²) in [4.78, 5) is 29.9. The number of nitrogens with one attached hydrogen (secondary N) is 1. The Kier molecular flexibility index (Phi) is 8.30. The van der Waals surface area contributed by atoms with E-state index in [1.54, 1.807) is 19.2 Å². The summed E-state index contributed by atoms with van der Waals surface area (Å²) in [5.41, 5.74) is -1.23. The molecule has 2 aliphatic rings. The van der Waals surface area contributed by atoms with Crippen molar-refractivity contribution in [2.45, 2.75) is 62.5 Å². The van der Waals surface area contributed by atoms with Crippen LogP contribution in [0.3, 0.4) is 0 Å². The number of nitrogens with zero attached hydrogens (tertiary/aromatic N) is 3. The molecule has 0 aliphatic heterocycles. The lowest BCUT2D eigenvalue weighted by atomic mass is 9.88. The Balaban J connectivity index is 1.41. The average Bonchev–Trinajstić information content (AvgIpc) is 3.97. The van der Waals surface area contributed by atoms with Gasteiger partial charge in [-0.2, -0.15) is 18.3 Å². The van der Waals surface area contributed by atoms with Crippen molar-refractivity contribution in [2.24, 2.45) is 5.73 Å². The summed E-state index contributed by atoms with van der Waals surface area (Å²) >= 11 is 0. The zero-order chi connectivity index (χ0) is 34.6. The first-order chi connectivity index (χ1) is 22.7. The molecule has 4 N–H and O–H groups in total. The minimum atomic E-state index is -5.07. The van der Waals surface area contributed by atoms with Crippen LogP contribution in [0.5, 0.6) is 11.5 Å². The Morgan fingerprint density at radius 3 is 2.50 bits per heavy atom. The van der Waals surface area contributed by atoms with Crippen LogP contribution in [0.15, 0.2) is 42.6 Å². The molecule has 15 heteroatoms. The fraction of sp³-hybridized carbons (Fsp3) is 0.394. The second kappa shape index (κ2) is 12.0. The number of halogens is 5. The second-order valence-electron chi connectivity index (χ2n) is 12.1. The molecule has 2 amide bonds. The third-order valence-electron chi connectivity index (χ3n) is 8.60. The molecule has 48 heavy (non-hydrogen) atoms. The maximum Gasteiger partial charge on any atom is 0.419 e. The molecule has 1 atom stereocenters. The van der Waals surface area contributed by atoms with Gasteiger partial charge in [0.2, 0.25) is 5.91 Å². The number of aromatic nitrogens is 3.